The molecule has 2 aliphatic rings. The van der Waals surface area contributed by atoms with Gasteiger partial charge in [0.2, 0.25) is 5.91 Å². The van der Waals surface area contributed by atoms with E-state index < -0.39 is 0 Å². The second kappa shape index (κ2) is 8.74. The first-order valence-corrected chi connectivity index (χ1v) is 7.00. The molecule has 0 radical (unpaired) electrons. The summed E-state index contributed by atoms with van der Waals surface area (Å²) < 4.78 is 11.0. The van der Waals surface area contributed by atoms with Gasteiger partial charge < -0.3 is 20.1 Å². The highest BCUT2D eigenvalue weighted by atomic mass is 35.5. The lowest BCUT2D eigenvalue weighted by molar-refractivity contribution is -0.134. The Bertz CT molecular complexity index is 267. The molecule has 112 valence electrons. The number of nitrogens with one attached hydrogen (secondary N) is 2. The third kappa shape index (κ3) is 5.65. The molecule has 0 aliphatic carbocycles. The lowest BCUT2D eigenvalue weighted by atomic mass is 10.1. The zero-order valence-corrected chi connectivity index (χ0v) is 12.3. The second-order valence-electron chi connectivity index (χ2n) is 5.14. The number of carbonyl (C=O) groups is 1. The molecule has 5 nitrogen and oxygen atoms in total. The first-order valence-electron chi connectivity index (χ1n) is 7.00. The first-order chi connectivity index (χ1) is 8.75. The van der Waals surface area contributed by atoms with Crippen molar-refractivity contribution in [3.8, 4) is 0 Å². The van der Waals surface area contributed by atoms with E-state index in [9.17, 15) is 4.79 Å². The van der Waals surface area contributed by atoms with Crippen LogP contribution in [-0.4, -0.2) is 50.5 Å². The summed E-state index contributed by atoms with van der Waals surface area (Å²) in [5.74, 6) is -0.0000954. The van der Waals surface area contributed by atoms with Crippen molar-refractivity contribution < 1.29 is 14.3 Å². The van der Waals surface area contributed by atoms with E-state index in [0.717, 1.165) is 45.4 Å². The molecule has 2 fully saturated rings. The van der Waals surface area contributed by atoms with Crippen LogP contribution in [0.1, 0.15) is 32.6 Å². The van der Waals surface area contributed by atoms with Gasteiger partial charge >= 0.3 is 0 Å². The zero-order valence-electron chi connectivity index (χ0n) is 11.5. The smallest absolute Gasteiger partial charge is 0.249 e. The molecule has 2 rings (SSSR count). The molecular formula is C13H25ClN2O3. The number of hydrogen-bond acceptors (Lipinski definition) is 4. The van der Waals surface area contributed by atoms with Crippen molar-refractivity contribution in [2.75, 3.05) is 26.3 Å². The SMILES string of the molecule is CC(OCC1CCCO1)C(=O)NC1CCNCC1.Cl. The van der Waals surface area contributed by atoms with Crippen molar-refractivity contribution in [1.29, 1.82) is 0 Å². The molecule has 19 heavy (non-hydrogen) atoms. The number of ether oxygens (including phenoxy) is 2. The highest BCUT2D eigenvalue weighted by molar-refractivity contribution is 5.85. The van der Waals surface area contributed by atoms with Gasteiger partial charge in [-0.05, 0) is 45.7 Å². The molecule has 2 atom stereocenters. The Morgan fingerprint density at radius 2 is 2.16 bits per heavy atom. The molecule has 2 aliphatic heterocycles. The lowest BCUT2D eigenvalue weighted by Gasteiger charge is -2.25. The standard InChI is InChI=1S/C13H24N2O3.ClH/c1-10(18-9-12-3-2-8-17-12)13(16)15-11-4-6-14-7-5-11;/h10-12,14H,2-9H2,1H3,(H,15,16);1H. The summed E-state index contributed by atoms with van der Waals surface area (Å²) >= 11 is 0. The van der Waals surface area contributed by atoms with Gasteiger partial charge in [0.05, 0.1) is 12.7 Å². The van der Waals surface area contributed by atoms with Crippen molar-refractivity contribution in [2.24, 2.45) is 0 Å². The molecule has 2 unspecified atom stereocenters. The van der Waals surface area contributed by atoms with E-state index in [4.69, 9.17) is 9.47 Å². The zero-order chi connectivity index (χ0) is 12.8. The summed E-state index contributed by atoms with van der Waals surface area (Å²) in [6.07, 6.45) is 3.95. The largest absolute Gasteiger partial charge is 0.376 e. The number of halogens is 1. The maximum absolute atomic E-state index is 11.9. The van der Waals surface area contributed by atoms with Gasteiger partial charge in [-0.25, -0.2) is 0 Å². The van der Waals surface area contributed by atoms with E-state index in [1.807, 2.05) is 6.92 Å². The van der Waals surface area contributed by atoms with Crippen molar-refractivity contribution in [3.63, 3.8) is 0 Å². The predicted molar refractivity (Wildman–Crippen MR) is 75.7 cm³/mol. The van der Waals surface area contributed by atoms with Crippen LogP contribution in [0.3, 0.4) is 0 Å². The Balaban J connectivity index is 0.00000180. The maximum Gasteiger partial charge on any atom is 0.249 e. The van der Waals surface area contributed by atoms with Crippen LogP contribution in [0.5, 0.6) is 0 Å². The predicted octanol–water partition coefficient (Wildman–Crippen LogP) is 0.860. The Kier molecular flexibility index (Phi) is 7.68. The van der Waals surface area contributed by atoms with Crippen molar-refractivity contribution >= 4 is 18.3 Å². The fourth-order valence-electron chi connectivity index (χ4n) is 2.39. The highest BCUT2D eigenvalue weighted by Crippen LogP contribution is 2.13. The average Bonchev–Trinajstić information content (AvgIpc) is 2.90. The van der Waals surface area contributed by atoms with Gasteiger partial charge in [0.25, 0.3) is 0 Å². The fourth-order valence-corrected chi connectivity index (χ4v) is 2.39. The number of carbonyl (C=O) groups excluding carboxylic acids is 1. The van der Waals surface area contributed by atoms with Gasteiger partial charge in [-0.1, -0.05) is 0 Å². The number of piperidine rings is 1. The fraction of sp³-hybridized carbons (Fsp3) is 0.923. The Labute approximate surface area is 121 Å². The molecule has 2 N–H and O–H groups in total. The molecule has 6 heteroatoms. The molecular weight excluding hydrogens is 268 g/mol. The first kappa shape index (κ1) is 16.7. The van der Waals surface area contributed by atoms with Crippen LogP contribution in [-0.2, 0) is 14.3 Å². The van der Waals surface area contributed by atoms with Gasteiger partial charge in [-0.3, -0.25) is 4.79 Å². The third-order valence-corrected chi connectivity index (χ3v) is 3.61. The quantitative estimate of drug-likeness (QED) is 0.789. The Morgan fingerprint density at radius 3 is 2.79 bits per heavy atom. The van der Waals surface area contributed by atoms with E-state index >= 15 is 0 Å². The topological polar surface area (TPSA) is 59.6 Å². The maximum atomic E-state index is 11.9. The van der Waals surface area contributed by atoms with Crippen LogP contribution in [0.2, 0.25) is 0 Å². The molecule has 2 heterocycles. The minimum Gasteiger partial charge on any atom is -0.376 e. The number of hydrogen-bond donors (Lipinski definition) is 2. The summed E-state index contributed by atoms with van der Waals surface area (Å²) in [5, 5.41) is 6.33. The van der Waals surface area contributed by atoms with E-state index in [-0.39, 0.29) is 30.5 Å². The Morgan fingerprint density at radius 1 is 1.42 bits per heavy atom. The van der Waals surface area contributed by atoms with Gasteiger partial charge in [0, 0.05) is 12.6 Å². The van der Waals surface area contributed by atoms with Crippen molar-refractivity contribution in [2.45, 2.75) is 50.9 Å². The second-order valence-corrected chi connectivity index (χ2v) is 5.14. The van der Waals surface area contributed by atoms with Crippen molar-refractivity contribution in [1.82, 2.24) is 10.6 Å². The van der Waals surface area contributed by atoms with Crippen LogP contribution < -0.4 is 10.6 Å². The van der Waals surface area contributed by atoms with E-state index in [1.165, 1.54) is 0 Å². The van der Waals surface area contributed by atoms with Crippen LogP contribution in [0, 0.1) is 0 Å². The average molecular weight is 293 g/mol. The van der Waals surface area contributed by atoms with Crippen molar-refractivity contribution in [3.05, 3.63) is 0 Å². The summed E-state index contributed by atoms with van der Waals surface area (Å²) in [5.41, 5.74) is 0. The molecule has 0 bridgehead atoms. The van der Waals surface area contributed by atoms with E-state index in [0.29, 0.717) is 12.6 Å². The van der Waals surface area contributed by atoms with Crippen LogP contribution in [0.25, 0.3) is 0 Å². The Hall–Kier alpha value is -0.360. The normalized spacial score (nSPS) is 25.6. The summed E-state index contributed by atoms with van der Waals surface area (Å²) in [7, 11) is 0. The molecule has 0 aromatic rings. The monoisotopic (exact) mass is 292 g/mol. The van der Waals surface area contributed by atoms with Crippen LogP contribution in [0.15, 0.2) is 0 Å². The van der Waals surface area contributed by atoms with E-state index in [1.54, 1.807) is 0 Å². The summed E-state index contributed by atoms with van der Waals surface area (Å²) in [6.45, 7) is 5.13. The third-order valence-electron chi connectivity index (χ3n) is 3.61. The lowest BCUT2D eigenvalue weighted by Crippen LogP contribution is -2.46. The number of rotatable bonds is 5. The molecule has 0 aromatic carbocycles. The number of amides is 1. The molecule has 0 spiro atoms. The summed E-state index contributed by atoms with van der Waals surface area (Å²) in [4.78, 5) is 11.9. The minimum atomic E-state index is -0.385. The minimum absolute atomic E-state index is 0. The molecule has 0 saturated carbocycles. The highest BCUT2D eigenvalue weighted by Gasteiger charge is 2.22. The summed E-state index contributed by atoms with van der Waals surface area (Å²) in [6, 6.07) is 0.299. The van der Waals surface area contributed by atoms with Gasteiger partial charge in [-0.2, -0.15) is 0 Å². The van der Waals surface area contributed by atoms with E-state index in [2.05, 4.69) is 10.6 Å². The van der Waals surface area contributed by atoms with Gasteiger partial charge in [0.15, 0.2) is 0 Å². The van der Waals surface area contributed by atoms with Gasteiger partial charge in [0.1, 0.15) is 6.10 Å². The van der Waals surface area contributed by atoms with Crippen LogP contribution >= 0.6 is 12.4 Å². The van der Waals surface area contributed by atoms with Gasteiger partial charge in [-0.15, -0.1) is 12.4 Å². The molecule has 2 saturated heterocycles. The molecule has 1 amide bonds. The molecule has 0 aromatic heterocycles. The van der Waals surface area contributed by atoms with Crippen LogP contribution in [0.4, 0.5) is 0 Å².